The smallest absolute Gasteiger partial charge is 0.223 e. The number of carbonyl (C=O) groups is 2. The molecule has 1 N–H and O–H groups in total. The highest BCUT2D eigenvalue weighted by atomic mass is 16.2. The summed E-state index contributed by atoms with van der Waals surface area (Å²) >= 11 is 0. The van der Waals surface area contributed by atoms with Crippen molar-refractivity contribution in [1.82, 2.24) is 15.1 Å². The number of benzene rings is 1. The lowest BCUT2D eigenvalue weighted by molar-refractivity contribution is -0.135. The van der Waals surface area contributed by atoms with Crippen molar-refractivity contribution in [3.05, 3.63) is 35.4 Å². The molecule has 0 spiro atoms. The SMILES string of the molecule is Cc1ccc(CNCCC(=O)N2CCN(C=O)CC2)cc1. The maximum atomic E-state index is 12.0. The molecule has 1 aromatic carbocycles. The van der Waals surface area contributed by atoms with Crippen molar-refractivity contribution >= 4 is 12.3 Å². The quantitative estimate of drug-likeness (QED) is 0.622. The Bertz CT molecular complexity index is 465. The average molecular weight is 289 g/mol. The fourth-order valence-electron chi connectivity index (χ4n) is 2.37. The minimum atomic E-state index is 0.164. The van der Waals surface area contributed by atoms with Gasteiger partial charge in [0.25, 0.3) is 0 Å². The summed E-state index contributed by atoms with van der Waals surface area (Å²) in [5, 5.41) is 3.30. The highest BCUT2D eigenvalue weighted by Gasteiger charge is 2.19. The second-order valence-electron chi connectivity index (χ2n) is 5.43. The zero-order valence-electron chi connectivity index (χ0n) is 12.5. The number of piperazine rings is 1. The first-order chi connectivity index (χ1) is 10.2. The minimum absolute atomic E-state index is 0.164. The second kappa shape index (κ2) is 7.78. The molecule has 1 aromatic rings. The van der Waals surface area contributed by atoms with Crippen LogP contribution < -0.4 is 5.32 Å². The number of amides is 2. The fraction of sp³-hybridized carbons (Fsp3) is 0.500. The largest absolute Gasteiger partial charge is 0.342 e. The van der Waals surface area contributed by atoms with Gasteiger partial charge < -0.3 is 15.1 Å². The van der Waals surface area contributed by atoms with Crippen LogP contribution in [0.2, 0.25) is 0 Å². The summed E-state index contributed by atoms with van der Waals surface area (Å²) in [6, 6.07) is 8.38. The zero-order valence-corrected chi connectivity index (χ0v) is 12.5. The number of hydrogen-bond acceptors (Lipinski definition) is 3. The van der Waals surface area contributed by atoms with Crippen LogP contribution in [0.1, 0.15) is 17.5 Å². The molecule has 0 unspecified atom stereocenters. The maximum Gasteiger partial charge on any atom is 0.223 e. The molecule has 2 rings (SSSR count). The van der Waals surface area contributed by atoms with Gasteiger partial charge in [-0.15, -0.1) is 0 Å². The van der Waals surface area contributed by atoms with E-state index in [2.05, 4.69) is 36.5 Å². The Balaban J connectivity index is 1.63. The summed E-state index contributed by atoms with van der Waals surface area (Å²) in [7, 11) is 0. The van der Waals surface area contributed by atoms with Gasteiger partial charge in [0.1, 0.15) is 0 Å². The first-order valence-electron chi connectivity index (χ1n) is 7.42. The summed E-state index contributed by atoms with van der Waals surface area (Å²) in [5.74, 6) is 0.164. The lowest BCUT2D eigenvalue weighted by Crippen LogP contribution is -2.48. The van der Waals surface area contributed by atoms with Crippen LogP contribution in [0.5, 0.6) is 0 Å². The standard InChI is InChI=1S/C16H23N3O2/c1-14-2-4-15(5-3-14)12-17-7-6-16(21)19-10-8-18(13-20)9-11-19/h2-5,13,17H,6-12H2,1H3. The first kappa shape index (κ1) is 15.5. The van der Waals surface area contributed by atoms with Crippen LogP contribution in [0, 0.1) is 6.92 Å². The molecule has 1 fully saturated rings. The van der Waals surface area contributed by atoms with Crippen molar-refractivity contribution in [3.8, 4) is 0 Å². The molecular weight excluding hydrogens is 266 g/mol. The van der Waals surface area contributed by atoms with Crippen LogP contribution >= 0.6 is 0 Å². The van der Waals surface area contributed by atoms with Gasteiger partial charge in [-0.2, -0.15) is 0 Å². The van der Waals surface area contributed by atoms with E-state index < -0.39 is 0 Å². The van der Waals surface area contributed by atoms with E-state index in [1.54, 1.807) is 4.90 Å². The first-order valence-corrected chi connectivity index (χ1v) is 7.42. The molecule has 21 heavy (non-hydrogen) atoms. The molecule has 1 heterocycles. The summed E-state index contributed by atoms with van der Waals surface area (Å²) in [4.78, 5) is 26.2. The molecule has 0 bridgehead atoms. The third kappa shape index (κ3) is 4.86. The van der Waals surface area contributed by atoms with Crippen molar-refractivity contribution in [2.45, 2.75) is 19.9 Å². The van der Waals surface area contributed by atoms with Crippen molar-refractivity contribution in [3.63, 3.8) is 0 Å². The van der Waals surface area contributed by atoms with Crippen LogP contribution in [0.4, 0.5) is 0 Å². The highest BCUT2D eigenvalue weighted by Crippen LogP contribution is 2.04. The van der Waals surface area contributed by atoms with E-state index in [1.165, 1.54) is 11.1 Å². The number of hydrogen-bond donors (Lipinski definition) is 1. The van der Waals surface area contributed by atoms with Gasteiger partial charge in [-0.1, -0.05) is 29.8 Å². The van der Waals surface area contributed by atoms with E-state index in [-0.39, 0.29) is 5.91 Å². The van der Waals surface area contributed by atoms with Gasteiger partial charge in [0.05, 0.1) is 0 Å². The highest BCUT2D eigenvalue weighted by molar-refractivity contribution is 5.76. The molecule has 2 amide bonds. The molecule has 0 saturated carbocycles. The Morgan fingerprint density at radius 1 is 1.19 bits per heavy atom. The number of rotatable bonds is 6. The lowest BCUT2D eigenvalue weighted by Gasteiger charge is -2.32. The van der Waals surface area contributed by atoms with Crippen molar-refractivity contribution in [1.29, 1.82) is 0 Å². The molecule has 0 aliphatic carbocycles. The lowest BCUT2D eigenvalue weighted by atomic mass is 10.1. The zero-order chi connectivity index (χ0) is 15.1. The van der Waals surface area contributed by atoms with Gasteiger partial charge in [-0.3, -0.25) is 9.59 Å². The fourth-order valence-corrected chi connectivity index (χ4v) is 2.37. The van der Waals surface area contributed by atoms with E-state index in [4.69, 9.17) is 0 Å². The van der Waals surface area contributed by atoms with E-state index in [9.17, 15) is 9.59 Å². The third-order valence-corrected chi connectivity index (χ3v) is 3.78. The Labute approximate surface area is 125 Å². The van der Waals surface area contributed by atoms with Gasteiger partial charge in [-0.25, -0.2) is 0 Å². The van der Waals surface area contributed by atoms with Crippen LogP contribution in [-0.2, 0) is 16.1 Å². The summed E-state index contributed by atoms with van der Waals surface area (Å²) < 4.78 is 0. The van der Waals surface area contributed by atoms with Gasteiger partial charge in [0.15, 0.2) is 0 Å². The Morgan fingerprint density at radius 3 is 2.48 bits per heavy atom. The normalized spacial score (nSPS) is 15.1. The van der Waals surface area contributed by atoms with Gasteiger partial charge in [0, 0.05) is 45.7 Å². The molecule has 5 heteroatoms. The molecule has 1 saturated heterocycles. The summed E-state index contributed by atoms with van der Waals surface area (Å²) in [6.07, 6.45) is 1.36. The maximum absolute atomic E-state index is 12.0. The molecular formula is C16H23N3O2. The van der Waals surface area contributed by atoms with Crippen molar-refractivity contribution < 1.29 is 9.59 Å². The predicted octanol–water partition coefficient (Wildman–Crippen LogP) is 0.775. The Kier molecular flexibility index (Phi) is 5.75. The predicted molar refractivity (Wildman–Crippen MR) is 81.7 cm³/mol. The van der Waals surface area contributed by atoms with Gasteiger partial charge in [-0.05, 0) is 12.5 Å². The van der Waals surface area contributed by atoms with Gasteiger partial charge >= 0.3 is 0 Å². The number of nitrogens with one attached hydrogen (secondary N) is 1. The summed E-state index contributed by atoms with van der Waals surface area (Å²) in [5.41, 5.74) is 2.48. The Hall–Kier alpha value is -1.88. The minimum Gasteiger partial charge on any atom is -0.342 e. The van der Waals surface area contributed by atoms with Crippen molar-refractivity contribution in [2.24, 2.45) is 0 Å². The van der Waals surface area contributed by atoms with Crippen LogP contribution in [-0.4, -0.2) is 54.8 Å². The number of carbonyl (C=O) groups excluding carboxylic acids is 2. The molecule has 0 atom stereocenters. The van der Waals surface area contributed by atoms with Crippen LogP contribution in [0.3, 0.4) is 0 Å². The molecule has 114 valence electrons. The van der Waals surface area contributed by atoms with Gasteiger partial charge in [0.2, 0.25) is 12.3 Å². The molecule has 0 aromatic heterocycles. The van der Waals surface area contributed by atoms with E-state index in [0.717, 1.165) is 13.0 Å². The second-order valence-corrected chi connectivity index (χ2v) is 5.43. The van der Waals surface area contributed by atoms with Crippen LogP contribution in [0.15, 0.2) is 24.3 Å². The number of nitrogens with zero attached hydrogens (tertiary/aromatic N) is 2. The van der Waals surface area contributed by atoms with E-state index in [0.29, 0.717) is 39.1 Å². The topological polar surface area (TPSA) is 52.7 Å². The molecule has 1 aliphatic rings. The number of aryl methyl sites for hydroxylation is 1. The van der Waals surface area contributed by atoms with Crippen molar-refractivity contribution in [2.75, 3.05) is 32.7 Å². The summed E-state index contributed by atoms with van der Waals surface area (Å²) in [6.45, 7) is 6.12. The average Bonchev–Trinajstić information content (AvgIpc) is 2.53. The molecule has 1 aliphatic heterocycles. The molecule has 0 radical (unpaired) electrons. The van der Waals surface area contributed by atoms with E-state index in [1.807, 2.05) is 4.90 Å². The third-order valence-electron chi connectivity index (χ3n) is 3.78. The van der Waals surface area contributed by atoms with E-state index >= 15 is 0 Å². The monoisotopic (exact) mass is 289 g/mol. The van der Waals surface area contributed by atoms with Crippen LogP contribution in [0.25, 0.3) is 0 Å². The molecule has 5 nitrogen and oxygen atoms in total. The Morgan fingerprint density at radius 2 is 1.86 bits per heavy atom.